The number of nitrogens with zero attached hydrogens (tertiary/aromatic N) is 2. The van der Waals surface area contributed by atoms with Gasteiger partial charge in [-0.3, -0.25) is 4.68 Å². The lowest BCUT2D eigenvalue weighted by molar-refractivity contribution is 0.454. The molecule has 1 aromatic carbocycles. The Bertz CT molecular complexity index is 599. The SMILES string of the molecule is CCc1cc(CC)n(CC(NC)c2ccc(C)cc2C)n1. The van der Waals surface area contributed by atoms with Crippen LogP contribution in [0.4, 0.5) is 0 Å². The number of benzene rings is 1. The number of aromatic nitrogens is 2. The van der Waals surface area contributed by atoms with Gasteiger partial charge in [0.05, 0.1) is 18.3 Å². The minimum absolute atomic E-state index is 0.292. The zero-order chi connectivity index (χ0) is 15.4. The van der Waals surface area contributed by atoms with E-state index in [1.807, 2.05) is 7.05 Å². The van der Waals surface area contributed by atoms with E-state index in [9.17, 15) is 0 Å². The van der Waals surface area contributed by atoms with E-state index in [1.165, 1.54) is 28.1 Å². The Morgan fingerprint density at radius 2 is 1.90 bits per heavy atom. The Balaban J connectivity index is 2.28. The molecule has 1 unspecified atom stereocenters. The molecule has 0 aliphatic carbocycles. The van der Waals surface area contributed by atoms with E-state index in [4.69, 9.17) is 5.10 Å². The second-order valence-corrected chi connectivity index (χ2v) is 5.72. The lowest BCUT2D eigenvalue weighted by Gasteiger charge is -2.20. The molecule has 0 radical (unpaired) electrons. The van der Waals surface area contributed by atoms with Gasteiger partial charge in [0.2, 0.25) is 0 Å². The number of aryl methyl sites for hydroxylation is 4. The fourth-order valence-corrected chi connectivity index (χ4v) is 2.87. The summed E-state index contributed by atoms with van der Waals surface area (Å²) in [6, 6.07) is 9.20. The van der Waals surface area contributed by atoms with Crippen molar-refractivity contribution in [2.24, 2.45) is 0 Å². The number of hydrogen-bond acceptors (Lipinski definition) is 2. The molecule has 0 fully saturated rings. The van der Waals surface area contributed by atoms with Gasteiger partial charge in [-0.1, -0.05) is 37.6 Å². The standard InChI is InChI=1S/C18H27N3/c1-6-15-11-16(7-2)21(20-15)12-18(19-5)17-9-8-13(3)10-14(17)4/h8-11,18-19H,6-7,12H2,1-5H3. The van der Waals surface area contributed by atoms with Crippen LogP contribution in [-0.2, 0) is 19.4 Å². The molecule has 1 N–H and O–H groups in total. The molecule has 0 bridgehead atoms. The van der Waals surface area contributed by atoms with Crippen molar-refractivity contribution in [3.8, 4) is 0 Å². The molecule has 1 aromatic heterocycles. The zero-order valence-electron chi connectivity index (χ0n) is 13.9. The van der Waals surface area contributed by atoms with Crippen LogP contribution < -0.4 is 5.32 Å². The van der Waals surface area contributed by atoms with E-state index >= 15 is 0 Å². The fourth-order valence-electron chi connectivity index (χ4n) is 2.87. The topological polar surface area (TPSA) is 29.9 Å². The summed E-state index contributed by atoms with van der Waals surface area (Å²) in [6.45, 7) is 9.56. The van der Waals surface area contributed by atoms with Crippen molar-refractivity contribution >= 4 is 0 Å². The van der Waals surface area contributed by atoms with Gasteiger partial charge >= 0.3 is 0 Å². The summed E-state index contributed by atoms with van der Waals surface area (Å²) < 4.78 is 2.17. The molecule has 114 valence electrons. The smallest absolute Gasteiger partial charge is 0.0624 e. The molecule has 2 rings (SSSR count). The average molecular weight is 285 g/mol. The van der Waals surface area contributed by atoms with Crippen LogP contribution in [0.2, 0.25) is 0 Å². The van der Waals surface area contributed by atoms with Crippen LogP contribution in [-0.4, -0.2) is 16.8 Å². The summed E-state index contributed by atoms with van der Waals surface area (Å²) in [6.07, 6.45) is 2.02. The van der Waals surface area contributed by atoms with Crippen LogP contribution >= 0.6 is 0 Å². The van der Waals surface area contributed by atoms with Crippen molar-refractivity contribution in [3.05, 3.63) is 52.3 Å². The van der Waals surface area contributed by atoms with E-state index < -0.39 is 0 Å². The van der Waals surface area contributed by atoms with Crippen molar-refractivity contribution in [2.45, 2.75) is 53.1 Å². The lowest BCUT2D eigenvalue weighted by atomic mass is 9.99. The van der Waals surface area contributed by atoms with E-state index in [1.54, 1.807) is 0 Å². The molecular weight excluding hydrogens is 258 g/mol. The first-order chi connectivity index (χ1) is 10.1. The molecule has 2 aromatic rings. The van der Waals surface area contributed by atoms with Crippen LogP contribution in [0.1, 0.15) is 48.0 Å². The molecule has 3 heteroatoms. The molecule has 1 atom stereocenters. The quantitative estimate of drug-likeness (QED) is 0.879. The zero-order valence-corrected chi connectivity index (χ0v) is 13.9. The molecule has 1 heterocycles. The largest absolute Gasteiger partial charge is 0.311 e. The Kier molecular flexibility index (Phi) is 5.18. The monoisotopic (exact) mass is 285 g/mol. The number of likely N-dealkylation sites (N-methyl/N-ethyl adjacent to an activating group) is 1. The Morgan fingerprint density at radius 1 is 1.14 bits per heavy atom. The molecule has 21 heavy (non-hydrogen) atoms. The highest BCUT2D eigenvalue weighted by Crippen LogP contribution is 2.21. The van der Waals surface area contributed by atoms with Crippen molar-refractivity contribution in [3.63, 3.8) is 0 Å². The maximum atomic E-state index is 4.74. The van der Waals surface area contributed by atoms with Gasteiger partial charge in [0.1, 0.15) is 0 Å². The number of rotatable bonds is 6. The van der Waals surface area contributed by atoms with Gasteiger partial charge < -0.3 is 5.32 Å². The summed E-state index contributed by atoms with van der Waals surface area (Å²) in [4.78, 5) is 0. The van der Waals surface area contributed by atoms with E-state index in [-0.39, 0.29) is 0 Å². The summed E-state index contributed by atoms with van der Waals surface area (Å²) >= 11 is 0. The van der Waals surface area contributed by atoms with E-state index in [2.05, 4.69) is 62.0 Å². The first-order valence-electron chi connectivity index (χ1n) is 7.89. The summed E-state index contributed by atoms with van der Waals surface area (Å²) in [7, 11) is 2.03. The van der Waals surface area contributed by atoms with Gasteiger partial charge in [-0.05, 0) is 50.9 Å². The second kappa shape index (κ2) is 6.90. The average Bonchev–Trinajstić information content (AvgIpc) is 2.87. The maximum Gasteiger partial charge on any atom is 0.0624 e. The minimum atomic E-state index is 0.292. The van der Waals surface area contributed by atoms with Crippen LogP contribution in [0.3, 0.4) is 0 Å². The molecule has 0 saturated heterocycles. The van der Waals surface area contributed by atoms with Crippen molar-refractivity contribution in [1.82, 2.24) is 15.1 Å². The molecule has 0 saturated carbocycles. The highest BCUT2D eigenvalue weighted by atomic mass is 15.3. The Labute approximate surface area is 128 Å². The van der Waals surface area contributed by atoms with Crippen LogP contribution in [0, 0.1) is 13.8 Å². The summed E-state index contributed by atoms with van der Waals surface area (Å²) in [5, 5.41) is 8.18. The molecule has 0 spiro atoms. The third kappa shape index (κ3) is 3.53. The molecule has 0 aliphatic rings. The summed E-state index contributed by atoms with van der Waals surface area (Å²) in [5.41, 5.74) is 6.51. The highest BCUT2D eigenvalue weighted by Gasteiger charge is 2.15. The molecule has 3 nitrogen and oxygen atoms in total. The first-order valence-corrected chi connectivity index (χ1v) is 7.89. The maximum absolute atomic E-state index is 4.74. The van der Waals surface area contributed by atoms with Crippen LogP contribution in [0.5, 0.6) is 0 Å². The van der Waals surface area contributed by atoms with Gasteiger partial charge in [0.25, 0.3) is 0 Å². The predicted molar refractivity (Wildman–Crippen MR) is 88.7 cm³/mol. The molecular formula is C18H27N3. The first kappa shape index (κ1) is 15.8. The highest BCUT2D eigenvalue weighted by molar-refractivity contribution is 5.32. The van der Waals surface area contributed by atoms with Crippen LogP contribution in [0.15, 0.2) is 24.3 Å². The summed E-state index contributed by atoms with van der Waals surface area (Å²) in [5.74, 6) is 0. The minimum Gasteiger partial charge on any atom is -0.311 e. The molecule has 0 amide bonds. The van der Waals surface area contributed by atoms with Gasteiger partial charge in [-0.2, -0.15) is 5.10 Å². The molecule has 0 aliphatic heterocycles. The Hall–Kier alpha value is -1.61. The number of hydrogen-bond donors (Lipinski definition) is 1. The predicted octanol–water partition coefficient (Wildman–Crippen LogP) is 3.59. The second-order valence-electron chi connectivity index (χ2n) is 5.72. The normalized spacial score (nSPS) is 12.6. The van der Waals surface area contributed by atoms with Gasteiger partial charge in [-0.25, -0.2) is 0 Å². The van der Waals surface area contributed by atoms with Crippen molar-refractivity contribution in [1.29, 1.82) is 0 Å². The van der Waals surface area contributed by atoms with Gasteiger partial charge in [-0.15, -0.1) is 0 Å². The third-order valence-corrected chi connectivity index (χ3v) is 4.14. The third-order valence-electron chi connectivity index (χ3n) is 4.14. The van der Waals surface area contributed by atoms with Crippen molar-refractivity contribution in [2.75, 3.05) is 7.05 Å². The fraction of sp³-hybridized carbons (Fsp3) is 0.500. The van der Waals surface area contributed by atoms with Crippen LogP contribution in [0.25, 0.3) is 0 Å². The van der Waals surface area contributed by atoms with E-state index in [0.29, 0.717) is 6.04 Å². The Morgan fingerprint density at radius 3 is 2.48 bits per heavy atom. The van der Waals surface area contributed by atoms with E-state index in [0.717, 1.165) is 19.4 Å². The lowest BCUT2D eigenvalue weighted by Crippen LogP contribution is -2.24. The van der Waals surface area contributed by atoms with Crippen molar-refractivity contribution < 1.29 is 0 Å². The van der Waals surface area contributed by atoms with Gasteiger partial charge in [0, 0.05) is 5.69 Å². The number of nitrogens with one attached hydrogen (secondary N) is 1. The van der Waals surface area contributed by atoms with Gasteiger partial charge in [0.15, 0.2) is 0 Å².